The molecule has 0 unspecified atom stereocenters. The Hall–Kier alpha value is -1.48. The number of methoxy groups -OCH3 is 1. The molecular weight excluding hydrogens is 214 g/mol. The summed E-state index contributed by atoms with van der Waals surface area (Å²) in [6, 6.07) is 8.07. The summed E-state index contributed by atoms with van der Waals surface area (Å²) in [6.45, 7) is 1.69. The Labute approximate surface area is 102 Å². The normalized spacial score (nSPS) is 18.8. The number of hydrogen-bond acceptors (Lipinski definition) is 3. The van der Waals surface area contributed by atoms with Crippen LogP contribution in [0, 0.1) is 0 Å². The Morgan fingerprint density at radius 2 is 2.29 bits per heavy atom. The molecule has 1 aromatic rings. The highest BCUT2D eigenvalue weighted by Gasteiger charge is 2.10. The summed E-state index contributed by atoms with van der Waals surface area (Å²) in [5.74, 6) is 0.935. The summed E-state index contributed by atoms with van der Waals surface area (Å²) in [6.07, 6.45) is 6.38. The fourth-order valence-corrected chi connectivity index (χ4v) is 1.95. The van der Waals surface area contributed by atoms with Crippen molar-refractivity contribution >= 4 is 0 Å². The van der Waals surface area contributed by atoms with E-state index in [-0.39, 0.29) is 0 Å². The molecule has 0 amide bonds. The van der Waals surface area contributed by atoms with E-state index in [1.807, 2.05) is 18.2 Å². The number of benzene rings is 1. The summed E-state index contributed by atoms with van der Waals surface area (Å²) in [7, 11) is 1.70. The van der Waals surface area contributed by atoms with Crippen molar-refractivity contribution in [3.8, 4) is 5.75 Å². The van der Waals surface area contributed by atoms with E-state index in [0.717, 1.165) is 31.7 Å². The highest BCUT2D eigenvalue weighted by molar-refractivity contribution is 5.32. The number of hydrogen-bond donors (Lipinski definition) is 1. The van der Waals surface area contributed by atoms with Crippen molar-refractivity contribution in [2.45, 2.75) is 25.5 Å². The molecule has 1 N–H and O–H groups in total. The number of allylic oxidation sites excluding steroid dienone is 1. The first-order chi connectivity index (χ1) is 8.40. The van der Waals surface area contributed by atoms with Gasteiger partial charge < -0.3 is 14.8 Å². The van der Waals surface area contributed by atoms with Crippen LogP contribution in [-0.4, -0.2) is 19.8 Å². The molecule has 1 aliphatic heterocycles. The standard InChI is InChI=1S/C14H19NO2/c1-16-14-8-3-2-6-12(14)10-15-11-13-7-4-5-9-17-13/h2-3,5-6,8-9,13,15H,4,7,10-11H2,1H3/t13-/m0/s1. The number of ether oxygens (including phenoxy) is 2. The molecule has 1 atom stereocenters. The molecule has 0 saturated carbocycles. The van der Waals surface area contributed by atoms with Crippen molar-refractivity contribution in [1.82, 2.24) is 5.32 Å². The number of rotatable bonds is 5. The SMILES string of the molecule is COc1ccccc1CNC[C@@H]1CCC=CO1. The molecule has 1 aromatic carbocycles. The van der Waals surface area contributed by atoms with Crippen molar-refractivity contribution in [2.24, 2.45) is 0 Å². The Morgan fingerprint density at radius 3 is 3.06 bits per heavy atom. The lowest BCUT2D eigenvalue weighted by Crippen LogP contribution is -2.28. The molecule has 0 aliphatic carbocycles. The fraction of sp³-hybridized carbons (Fsp3) is 0.429. The van der Waals surface area contributed by atoms with E-state index in [2.05, 4.69) is 17.5 Å². The van der Waals surface area contributed by atoms with Crippen molar-refractivity contribution < 1.29 is 9.47 Å². The van der Waals surface area contributed by atoms with E-state index in [4.69, 9.17) is 9.47 Å². The van der Waals surface area contributed by atoms with Crippen LogP contribution >= 0.6 is 0 Å². The molecule has 17 heavy (non-hydrogen) atoms. The molecule has 0 radical (unpaired) electrons. The molecule has 92 valence electrons. The van der Waals surface area contributed by atoms with E-state index in [0.29, 0.717) is 6.10 Å². The van der Waals surface area contributed by atoms with Crippen molar-refractivity contribution in [3.05, 3.63) is 42.2 Å². The van der Waals surface area contributed by atoms with E-state index < -0.39 is 0 Å². The second-order valence-electron chi connectivity index (χ2n) is 4.15. The first-order valence-corrected chi connectivity index (χ1v) is 6.03. The molecule has 0 saturated heterocycles. The zero-order valence-corrected chi connectivity index (χ0v) is 10.2. The monoisotopic (exact) mass is 233 g/mol. The van der Waals surface area contributed by atoms with Crippen LogP contribution in [0.5, 0.6) is 5.75 Å². The zero-order chi connectivity index (χ0) is 11.9. The third kappa shape index (κ3) is 3.49. The van der Waals surface area contributed by atoms with Gasteiger partial charge in [-0.3, -0.25) is 0 Å². The maximum absolute atomic E-state index is 5.50. The smallest absolute Gasteiger partial charge is 0.123 e. The molecule has 2 rings (SSSR count). The van der Waals surface area contributed by atoms with Crippen LogP contribution in [0.2, 0.25) is 0 Å². The van der Waals surface area contributed by atoms with Crippen LogP contribution in [0.4, 0.5) is 0 Å². The molecule has 0 aromatic heterocycles. The third-order valence-corrected chi connectivity index (χ3v) is 2.90. The minimum absolute atomic E-state index is 0.301. The predicted molar refractivity (Wildman–Crippen MR) is 67.9 cm³/mol. The van der Waals surface area contributed by atoms with Crippen molar-refractivity contribution in [2.75, 3.05) is 13.7 Å². The van der Waals surface area contributed by atoms with Gasteiger partial charge >= 0.3 is 0 Å². The maximum Gasteiger partial charge on any atom is 0.123 e. The van der Waals surface area contributed by atoms with Gasteiger partial charge in [-0.25, -0.2) is 0 Å². The lowest BCUT2D eigenvalue weighted by atomic mass is 10.1. The Kier molecular flexibility index (Phi) is 4.45. The molecule has 1 heterocycles. The second kappa shape index (κ2) is 6.30. The molecule has 0 fully saturated rings. The highest BCUT2D eigenvalue weighted by atomic mass is 16.5. The van der Waals surface area contributed by atoms with Crippen LogP contribution < -0.4 is 10.1 Å². The first kappa shape index (κ1) is 12.0. The third-order valence-electron chi connectivity index (χ3n) is 2.90. The molecule has 3 nitrogen and oxygen atoms in total. The van der Waals surface area contributed by atoms with Gasteiger partial charge in [-0.05, 0) is 25.0 Å². The molecule has 1 aliphatic rings. The van der Waals surface area contributed by atoms with Gasteiger partial charge in [0, 0.05) is 18.7 Å². The zero-order valence-electron chi connectivity index (χ0n) is 10.2. The summed E-state index contributed by atoms with van der Waals surface area (Å²) >= 11 is 0. The van der Waals surface area contributed by atoms with Gasteiger partial charge in [0.1, 0.15) is 11.9 Å². The fourth-order valence-electron chi connectivity index (χ4n) is 1.95. The quantitative estimate of drug-likeness (QED) is 0.847. The van der Waals surface area contributed by atoms with Crippen LogP contribution in [0.1, 0.15) is 18.4 Å². The molecule has 3 heteroatoms. The molecule has 0 bridgehead atoms. The van der Waals surface area contributed by atoms with E-state index in [1.54, 1.807) is 13.4 Å². The van der Waals surface area contributed by atoms with E-state index in [1.165, 1.54) is 5.56 Å². The van der Waals surface area contributed by atoms with E-state index in [9.17, 15) is 0 Å². The second-order valence-corrected chi connectivity index (χ2v) is 4.15. The van der Waals surface area contributed by atoms with Gasteiger partial charge in [0.15, 0.2) is 0 Å². The summed E-state index contributed by atoms with van der Waals surface area (Å²) < 4.78 is 10.8. The van der Waals surface area contributed by atoms with Gasteiger partial charge in [-0.15, -0.1) is 0 Å². The average molecular weight is 233 g/mol. The highest BCUT2D eigenvalue weighted by Crippen LogP contribution is 2.17. The predicted octanol–water partition coefficient (Wildman–Crippen LogP) is 2.48. The number of para-hydroxylation sites is 1. The lowest BCUT2D eigenvalue weighted by Gasteiger charge is -2.20. The van der Waals surface area contributed by atoms with Gasteiger partial charge in [0.05, 0.1) is 13.4 Å². The van der Waals surface area contributed by atoms with Crippen LogP contribution in [0.15, 0.2) is 36.6 Å². The van der Waals surface area contributed by atoms with Gasteiger partial charge in [-0.2, -0.15) is 0 Å². The van der Waals surface area contributed by atoms with Crippen molar-refractivity contribution in [1.29, 1.82) is 0 Å². The Balaban J connectivity index is 1.79. The van der Waals surface area contributed by atoms with Crippen molar-refractivity contribution in [3.63, 3.8) is 0 Å². The molecule has 0 spiro atoms. The average Bonchev–Trinajstić information content (AvgIpc) is 2.40. The minimum atomic E-state index is 0.301. The van der Waals surface area contributed by atoms with E-state index >= 15 is 0 Å². The lowest BCUT2D eigenvalue weighted by molar-refractivity contribution is 0.122. The Morgan fingerprint density at radius 1 is 1.41 bits per heavy atom. The summed E-state index contributed by atoms with van der Waals surface area (Å²) in [4.78, 5) is 0. The van der Waals surface area contributed by atoms with Gasteiger partial charge in [-0.1, -0.05) is 18.2 Å². The summed E-state index contributed by atoms with van der Waals surface area (Å²) in [5.41, 5.74) is 1.18. The number of nitrogens with one attached hydrogen (secondary N) is 1. The van der Waals surface area contributed by atoms with Crippen LogP contribution in [0.3, 0.4) is 0 Å². The first-order valence-electron chi connectivity index (χ1n) is 6.03. The maximum atomic E-state index is 5.50. The minimum Gasteiger partial charge on any atom is -0.497 e. The largest absolute Gasteiger partial charge is 0.497 e. The topological polar surface area (TPSA) is 30.5 Å². The van der Waals surface area contributed by atoms with Crippen LogP contribution in [0.25, 0.3) is 0 Å². The van der Waals surface area contributed by atoms with Gasteiger partial charge in [0.2, 0.25) is 0 Å². The summed E-state index contributed by atoms with van der Waals surface area (Å²) in [5, 5.41) is 3.41. The van der Waals surface area contributed by atoms with Gasteiger partial charge in [0.25, 0.3) is 0 Å². The Bertz CT molecular complexity index is 376. The van der Waals surface area contributed by atoms with Crippen LogP contribution in [-0.2, 0) is 11.3 Å². The molecular formula is C14H19NO2.